The number of halogens is 1. The number of benzene rings is 1. The van der Waals surface area contributed by atoms with E-state index < -0.39 is 6.04 Å². The summed E-state index contributed by atoms with van der Waals surface area (Å²) in [6, 6.07) is 8.45. The first kappa shape index (κ1) is 20.9. The normalized spacial score (nSPS) is 17.4. The fraction of sp³-hybridized carbons (Fsp3) is 0.389. The largest absolute Gasteiger partial charge is 0.378 e. The van der Waals surface area contributed by atoms with Gasteiger partial charge in [0.05, 0.1) is 13.2 Å². The molecule has 2 atom stereocenters. The van der Waals surface area contributed by atoms with Gasteiger partial charge in [-0.05, 0) is 31.2 Å². The van der Waals surface area contributed by atoms with Gasteiger partial charge >= 0.3 is 0 Å². The first-order valence-electron chi connectivity index (χ1n) is 8.63. The molecule has 1 aliphatic rings. The average Bonchev–Trinajstić information content (AvgIpc) is 3.16. The number of aromatic nitrogens is 2. The van der Waals surface area contributed by atoms with E-state index in [1.54, 1.807) is 54.3 Å². The van der Waals surface area contributed by atoms with Gasteiger partial charge in [-0.1, -0.05) is 6.07 Å². The topological polar surface area (TPSA) is 97.3 Å². The summed E-state index contributed by atoms with van der Waals surface area (Å²) in [4.78, 5) is 24.5. The Morgan fingerprint density at radius 1 is 1.33 bits per heavy atom. The van der Waals surface area contributed by atoms with Crippen molar-refractivity contribution in [2.24, 2.45) is 0 Å². The van der Waals surface area contributed by atoms with Crippen LogP contribution in [0.3, 0.4) is 0 Å². The molecular weight excluding hydrogens is 370 g/mol. The van der Waals surface area contributed by atoms with Gasteiger partial charge in [0.25, 0.3) is 0 Å². The van der Waals surface area contributed by atoms with Crippen molar-refractivity contribution in [2.75, 3.05) is 30.4 Å². The van der Waals surface area contributed by atoms with Gasteiger partial charge < -0.3 is 20.7 Å². The molecule has 27 heavy (non-hydrogen) atoms. The lowest BCUT2D eigenvalue weighted by molar-refractivity contribution is -0.119. The van der Waals surface area contributed by atoms with Crippen molar-refractivity contribution < 1.29 is 14.3 Å². The van der Waals surface area contributed by atoms with Gasteiger partial charge in [-0.15, -0.1) is 12.4 Å². The Balaban J connectivity index is 0.00000261. The third-order valence-corrected chi connectivity index (χ3v) is 4.15. The molecule has 2 unspecified atom stereocenters. The molecule has 2 amide bonds. The number of hydrogen-bond acceptors (Lipinski definition) is 5. The molecule has 0 spiro atoms. The molecule has 1 saturated heterocycles. The maximum Gasteiger partial charge on any atom is 0.248 e. The van der Waals surface area contributed by atoms with Crippen LogP contribution in [0.5, 0.6) is 0 Å². The lowest BCUT2D eigenvalue weighted by atomic mass is 10.2. The second-order valence-corrected chi connectivity index (χ2v) is 6.21. The summed E-state index contributed by atoms with van der Waals surface area (Å²) in [5, 5.41) is 13.0. The summed E-state index contributed by atoms with van der Waals surface area (Å²) in [5.74, 6) is -0.276. The van der Waals surface area contributed by atoms with Crippen molar-refractivity contribution in [3.8, 4) is 0 Å². The van der Waals surface area contributed by atoms with Gasteiger partial charge in [-0.3, -0.25) is 14.3 Å². The number of amides is 2. The standard InChI is InChI=1S/C18H23N5O3.ClH/c1-13(23-8-3-6-20-23)18(25)22-15-5-2-4-14(10-15)21-17(24)11-16-12-26-9-7-19-16;/h2-6,8,10,13,16,19H,7,9,11-12H2,1H3,(H,21,24)(H,22,25);1H. The van der Waals surface area contributed by atoms with Crippen LogP contribution in [0.2, 0.25) is 0 Å². The number of anilines is 2. The van der Waals surface area contributed by atoms with Gasteiger partial charge in [0.1, 0.15) is 6.04 Å². The number of carbonyl (C=O) groups excluding carboxylic acids is 2. The molecule has 0 radical (unpaired) electrons. The maximum atomic E-state index is 12.3. The number of morpholine rings is 1. The molecule has 1 fully saturated rings. The van der Waals surface area contributed by atoms with Crippen LogP contribution >= 0.6 is 12.4 Å². The van der Waals surface area contributed by atoms with Gasteiger partial charge in [0.15, 0.2) is 0 Å². The number of hydrogen-bond donors (Lipinski definition) is 3. The van der Waals surface area contributed by atoms with Crippen molar-refractivity contribution in [3.05, 3.63) is 42.7 Å². The van der Waals surface area contributed by atoms with E-state index in [-0.39, 0.29) is 30.3 Å². The van der Waals surface area contributed by atoms with Gasteiger partial charge in [-0.2, -0.15) is 5.10 Å². The van der Waals surface area contributed by atoms with Crippen LogP contribution in [0.15, 0.2) is 42.7 Å². The summed E-state index contributed by atoms with van der Waals surface area (Å²) in [7, 11) is 0. The van der Waals surface area contributed by atoms with Gasteiger partial charge in [-0.25, -0.2) is 0 Å². The molecule has 2 aromatic rings. The molecular formula is C18H24ClN5O3. The van der Waals surface area contributed by atoms with E-state index >= 15 is 0 Å². The number of ether oxygens (including phenoxy) is 1. The highest BCUT2D eigenvalue weighted by molar-refractivity contribution is 5.95. The van der Waals surface area contributed by atoms with E-state index in [0.717, 1.165) is 6.54 Å². The Hall–Kier alpha value is -2.42. The summed E-state index contributed by atoms with van der Waals surface area (Å²) in [5.41, 5.74) is 1.25. The molecule has 1 aromatic heterocycles. The summed E-state index contributed by atoms with van der Waals surface area (Å²) in [6.45, 7) is 3.74. The zero-order valence-corrected chi connectivity index (χ0v) is 15.9. The summed E-state index contributed by atoms with van der Waals surface area (Å²) in [6.07, 6.45) is 3.71. The first-order valence-corrected chi connectivity index (χ1v) is 8.63. The smallest absolute Gasteiger partial charge is 0.248 e. The zero-order valence-electron chi connectivity index (χ0n) is 15.1. The minimum Gasteiger partial charge on any atom is -0.378 e. The van der Waals surface area contributed by atoms with Crippen LogP contribution in [-0.4, -0.2) is 47.4 Å². The predicted molar refractivity (Wildman–Crippen MR) is 105 cm³/mol. The molecule has 1 aromatic carbocycles. The second-order valence-electron chi connectivity index (χ2n) is 6.21. The summed E-state index contributed by atoms with van der Waals surface area (Å²) < 4.78 is 6.94. The van der Waals surface area contributed by atoms with E-state index in [1.807, 2.05) is 0 Å². The predicted octanol–water partition coefficient (Wildman–Crippen LogP) is 1.82. The zero-order chi connectivity index (χ0) is 18.4. The van der Waals surface area contributed by atoms with Crippen LogP contribution < -0.4 is 16.0 Å². The average molecular weight is 394 g/mol. The van der Waals surface area contributed by atoms with Crippen LogP contribution in [0.4, 0.5) is 11.4 Å². The van der Waals surface area contributed by atoms with Crippen molar-refractivity contribution in [3.63, 3.8) is 0 Å². The van der Waals surface area contributed by atoms with Crippen molar-refractivity contribution >= 4 is 35.6 Å². The molecule has 9 heteroatoms. The fourth-order valence-electron chi connectivity index (χ4n) is 2.74. The highest BCUT2D eigenvalue weighted by Gasteiger charge is 2.18. The third-order valence-electron chi connectivity index (χ3n) is 4.15. The molecule has 3 rings (SSSR count). The second kappa shape index (κ2) is 10.1. The monoisotopic (exact) mass is 393 g/mol. The van der Waals surface area contributed by atoms with Crippen molar-refractivity contribution in [2.45, 2.75) is 25.4 Å². The molecule has 0 bridgehead atoms. The Morgan fingerprint density at radius 3 is 2.78 bits per heavy atom. The lowest BCUT2D eigenvalue weighted by Crippen LogP contribution is -2.43. The lowest BCUT2D eigenvalue weighted by Gasteiger charge is -2.23. The van der Waals surface area contributed by atoms with E-state index in [0.29, 0.717) is 31.0 Å². The van der Waals surface area contributed by atoms with Gasteiger partial charge in [0.2, 0.25) is 11.8 Å². The van der Waals surface area contributed by atoms with E-state index in [4.69, 9.17) is 4.74 Å². The third kappa shape index (κ3) is 6.06. The number of nitrogens with zero attached hydrogens (tertiary/aromatic N) is 2. The Kier molecular flexibility index (Phi) is 7.78. The molecule has 1 aliphatic heterocycles. The van der Waals surface area contributed by atoms with E-state index in [1.165, 1.54) is 0 Å². The quantitative estimate of drug-likeness (QED) is 0.695. The maximum absolute atomic E-state index is 12.3. The van der Waals surface area contributed by atoms with Crippen LogP contribution in [-0.2, 0) is 14.3 Å². The molecule has 2 heterocycles. The minimum atomic E-state index is -0.430. The molecule has 8 nitrogen and oxygen atoms in total. The van der Waals surface area contributed by atoms with Gasteiger partial charge in [0, 0.05) is 42.8 Å². The van der Waals surface area contributed by atoms with Crippen LogP contribution in [0.25, 0.3) is 0 Å². The summed E-state index contributed by atoms with van der Waals surface area (Å²) >= 11 is 0. The van der Waals surface area contributed by atoms with E-state index in [9.17, 15) is 9.59 Å². The molecule has 146 valence electrons. The highest BCUT2D eigenvalue weighted by atomic mass is 35.5. The molecule has 0 saturated carbocycles. The Labute approximate surface area is 164 Å². The molecule has 3 N–H and O–H groups in total. The Morgan fingerprint density at radius 2 is 2.11 bits per heavy atom. The SMILES string of the molecule is CC(C(=O)Nc1cccc(NC(=O)CC2COCCN2)c1)n1cccn1.Cl. The van der Waals surface area contributed by atoms with Crippen molar-refractivity contribution in [1.82, 2.24) is 15.1 Å². The Bertz CT molecular complexity index is 747. The number of rotatable bonds is 6. The van der Waals surface area contributed by atoms with E-state index in [2.05, 4.69) is 21.0 Å². The number of carbonyl (C=O) groups is 2. The van der Waals surface area contributed by atoms with Crippen LogP contribution in [0, 0.1) is 0 Å². The van der Waals surface area contributed by atoms with Crippen LogP contribution in [0.1, 0.15) is 19.4 Å². The van der Waals surface area contributed by atoms with Crippen molar-refractivity contribution in [1.29, 1.82) is 0 Å². The minimum absolute atomic E-state index is 0. The number of nitrogens with one attached hydrogen (secondary N) is 3. The molecule has 0 aliphatic carbocycles. The first-order chi connectivity index (χ1) is 12.6. The highest BCUT2D eigenvalue weighted by Crippen LogP contribution is 2.17. The fourth-order valence-corrected chi connectivity index (χ4v) is 2.74.